The first-order valence-corrected chi connectivity index (χ1v) is 3.77. The van der Waals surface area contributed by atoms with Crippen molar-refractivity contribution < 1.29 is 27.0 Å². The van der Waals surface area contributed by atoms with E-state index in [1.54, 1.807) is 0 Å². The van der Waals surface area contributed by atoms with Crippen LogP contribution in [-0.4, -0.2) is 45.7 Å². The molecule has 0 saturated carbocycles. The normalized spacial score (nSPS) is 12.0. The van der Waals surface area contributed by atoms with E-state index in [9.17, 15) is 17.6 Å². The molecule has 0 heterocycles. The van der Waals surface area contributed by atoms with Crippen molar-refractivity contribution in [1.29, 1.82) is 0 Å². The van der Waals surface area contributed by atoms with E-state index in [0.29, 0.717) is 0 Å². The Kier molecular flexibility index (Phi) is 6.89. The first-order chi connectivity index (χ1) is 6.12. The summed E-state index contributed by atoms with van der Waals surface area (Å²) < 4.78 is 56.6. The molecule has 0 unspecified atom stereocenters. The highest BCUT2D eigenvalue weighted by Crippen LogP contribution is 2.13. The molecule has 0 radical (unpaired) electrons. The van der Waals surface area contributed by atoms with Crippen LogP contribution in [0.15, 0.2) is 0 Å². The molecule has 80 valence electrons. The lowest BCUT2D eigenvalue weighted by atomic mass is 10.4. The highest BCUT2D eigenvalue weighted by atomic mass is 19.3. The third kappa shape index (κ3) is 7.98. The van der Waals surface area contributed by atoms with Gasteiger partial charge in [-0.05, 0) is 0 Å². The first kappa shape index (κ1) is 12.6. The van der Waals surface area contributed by atoms with Gasteiger partial charge < -0.3 is 9.47 Å². The monoisotopic (exact) mass is 204 g/mol. The van der Waals surface area contributed by atoms with Crippen LogP contribution in [0.1, 0.15) is 0 Å². The van der Waals surface area contributed by atoms with Crippen molar-refractivity contribution in [2.45, 2.75) is 5.92 Å². The molecule has 0 spiro atoms. The average Bonchev–Trinajstić information content (AvgIpc) is 2.05. The van der Waals surface area contributed by atoms with Crippen molar-refractivity contribution in [3.63, 3.8) is 0 Å². The van der Waals surface area contributed by atoms with Gasteiger partial charge in [0.2, 0.25) is 0 Å². The molecule has 6 heteroatoms. The average molecular weight is 204 g/mol. The van der Waals surface area contributed by atoms with Crippen LogP contribution in [0.3, 0.4) is 0 Å². The third-order valence-corrected chi connectivity index (χ3v) is 1.07. The molecular formula is C7H12F4O2. The number of hydrogen-bond donors (Lipinski definition) is 0. The van der Waals surface area contributed by atoms with Gasteiger partial charge in [0.15, 0.2) is 0 Å². The smallest absolute Gasteiger partial charge is 0.293 e. The summed E-state index contributed by atoms with van der Waals surface area (Å²) in [7, 11) is 0. The summed E-state index contributed by atoms with van der Waals surface area (Å²) in [5.74, 6) is -3.18. The quantitative estimate of drug-likeness (QED) is 0.441. The highest BCUT2D eigenvalue weighted by molar-refractivity contribution is 4.63. The lowest BCUT2D eigenvalue weighted by Gasteiger charge is -2.15. The molecule has 0 aliphatic heterocycles. The van der Waals surface area contributed by atoms with Gasteiger partial charge in [-0.1, -0.05) is 0 Å². The largest absolute Gasteiger partial charge is 0.372 e. The fourth-order valence-corrected chi connectivity index (χ4v) is 0.594. The summed E-state index contributed by atoms with van der Waals surface area (Å²) in [6, 6.07) is 0. The first-order valence-electron chi connectivity index (χ1n) is 3.77. The van der Waals surface area contributed by atoms with E-state index >= 15 is 0 Å². The zero-order valence-electron chi connectivity index (χ0n) is 7.07. The predicted octanol–water partition coefficient (Wildman–Crippen LogP) is 1.59. The summed E-state index contributed by atoms with van der Waals surface area (Å²) in [6.07, 6.45) is 0. The summed E-state index contributed by atoms with van der Waals surface area (Å²) in [5, 5.41) is 0. The lowest BCUT2D eigenvalue weighted by molar-refractivity contribution is -0.125. The Bertz CT molecular complexity index is 109. The van der Waals surface area contributed by atoms with Crippen molar-refractivity contribution in [2.75, 3.05) is 39.8 Å². The fourth-order valence-electron chi connectivity index (χ4n) is 0.594. The lowest BCUT2D eigenvalue weighted by Crippen LogP contribution is -2.30. The molecule has 0 aromatic rings. The molecule has 0 fully saturated rings. The molecule has 0 bridgehead atoms. The van der Waals surface area contributed by atoms with Crippen LogP contribution in [0.4, 0.5) is 17.6 Å². The van der Waals surface area contributed by atoms with Gasteiger partial charge in [0.1, 0.15) is 26.6 Å². The van der Waals surface area contributed by atoms with E-state index < -0.39 is 32.5 Å². The summed E-state index contributed by atoms with van der Waals surface area (Å²) >= 11 is 0. The van der Waals surface area contributed by atoms with Crippen LogP contribution in [-0.2, 0) is 9.47 Å². The Morgan fingerprint density at radius 2 is 1.23 bits per heavy atom. The van der Waals surface area contributed by atoms with Crippen LogP contribution in [0.25, 0.3) is 0 Å². The zero-order valence-corrected chi connectivity index (χ0v) is 7.07. The summed E-state index contributed by atoms with van der Waals surface area (Å²) in [6.45, 7) is -4.13. The van der Waals surface area contributed by atoms with Crippen LogP contribution in [0, 0.1) is 0 Å². The summed E-state index contributed by atoms with van der Waals surface area (Å²) in [4.78, 5) is 0. The van der Waals surface area contributed by atoms with Gasteiger partial charge in [-0.25, -0.2) is 17.6 Å². The maximum atomic E-state index is 12.6. The molecule has 0 saturated heterocycles. The minimum absolute atomic E-state index is 0.362. The second kappa shape index (κ2) is 7.08. The number of alkyl halides is 4. The topological polar surface area (TPSA) is 18.5 Å². The standard InChI is InChI=1S/C7H12F4O2/c8-1-3-12-5-7(10,11)6-13-4-2-9/h1-6H2. The maximum Gasteiger partial charge on any atom is 0.293 e. The second-order valence-corrected chi connectivity index (χ2v) is 2.34. The molecule has 0 atom stereocenters. The van der Waals surface area contributed by atoms with E-state index in [1.165, 1.54) is 0 Å². The van der Waals surface area contributed by atoms with Crippen LogP contribution in [0.5, 0.6) is 0 Å². The van der Waals surface area contributed by atoms with Gasteiger partial charge in [0, 0.05) is 0 Å². The Balaban J connectivity index is 3.42. The highest BCUT2D eigenvalue weighted by Gasteiger charge is 2.29. The minimum atomic E-state index is -3.18. The Morgan fingerprint density at radius 3 is 1.54 bits per heavy atom. The number of ether oxygens (including phenoxy) is 2. The number of hydrogen-bond acceptors (Lipinski definition) is 2. The molecule has 0 aliphatic rings. The van der Waals surface area contributed by atoms with Crippen molar-refractivity contribution in [3.8, 4) is 0 Å². The van der Waals surface area contributed by atoms with Gasteiger partial charge in [-0.15, -0.1) is 0 Å². The fraction of sp³-hybridized carbons (Fsp3) is 1.00. The molecule has 0 aromatic carbocycles. The van der Waals surface area contributed by atoms with Gasteiger partial charge in [-0.2, -0.15) is 0 Å². The Hall–Kier alpha value is -0.360. The van der Waals surface area contributed by atoms with E-state index in [0.717, 1.165) is 0 Å². The maximum absolute atomic E-state index is 12.6. The Labute approximate surface area is 73.8 Å². The van der Waals surface area contributed by atoms with Gasteiger partial charge in [0.25, 0.3) is 5.92 Å². The second-order valence-electron chi connectivity index (χ2n) is 2.34. The van der Waals surface area contributed by atoms with Crippen LogP contribution >= 0.6 is 0 Å². The molecule has 2 nitrogen and oxygen atoms in total. The SMILES string of the molecule is FCCOCC(F)(F)COCCF. The van der Waals surface area contributed by atoms with Crippen molar-refractivity contribution in [1.82, 2.24) is 0 Å². The molecule has 0 aliphatic carbocycles. The van der Waals surface area contributed by atoms with Crippen LogP contribution < -0.4 is 0 Å². The molecule has 0 aromatic heterocycles. The van der Waals surface area contributed by atoms with E-state index in [2.05, 4.69) is 9.47 Å². The van der Waals surface area contributed by atoms with Gasteiger partial charge in [-0.3, -0.25) is 0 Å². The summed E-state index contributed by atoms with van der Waals surface area (Å²) in [5.41, 5.74) is 0. The Morgan fingerprint density at radius 1 is 0.846 bits per heavy atom. The number of rotatable bonds is 8. The molecular weight excluding hydrogens is 192 g/mol. The zero-order chi connectivity index (χ0) is 10.2. The van der Waals surface area contributed by atoms with Crippen molar-refractivity contribution >= 4 is 0 Å². The molecule has 0 amide bonds. The minimum Gasteiger partial charge on any atom is -0.372 e. The predicted molar refractivity (Wildman–Crippen MR) is 38.5 cm³/mol. The molecule has 0 N–H and O–H groups in total. The molecule has 13 heavy (non-hydrogen) atoms. The molecule has 0 rings (SSSR count). The van der Waals surface area contributed by atoms with Crippen LogP contribution in [0.2, 0.25) is 0 Å². The number of halogens is 4. The van der Waals surface area contributed by atoms with E-state index in [4.69, 9.17) is 0 Å². The third-order valence-electron chi connectivity index (χ3n) is 1.07. The van der Waals surface area contributed by atoms with Crippen molar-refractivity contribution in [2.24, 2.45) is 0 Å². The van der Waals surface area contributed by atoms with E-state index in [1.807, 2.05) is 0 Å². The van der Waals surface area contributed by atoms with E-state index in [-0.39, 0.29) is 13.2 Å². The van der Waals surface area contributed by atoms with Gasteiger partial charge >= 0.3 is 0 Å². The van der Waals surface area contributed by atoms with Crippen molar-refractivity contribution in [3.05, 3.63) is 0 Å². The van der Waals surface area contributed by atoms with Gasteiger partial charge in [0.05, 0.1) is 13.2 Å².